The molecule has 0 aliphatic heterocycles. The molecule has 1 aromatic heterocycles. The van der Waals surface area contributed by atoms with Crippen LogP contribution < -0.4 is 5.56 Å². The molecular weight excluding hydrogens is 246 g/mol. The third-order valence-electron chi connectivity index (χ3n) is 2.87. The number of aryl methyl sites for hydroxylation is 2. The summed E-state index contributed by atoms with van der Waals surface area (Å²) in [6.45, 7) is 4.81. The van der Waals surface area contributed by atoms with Crippen molar-refractivity contribution in [3.05, 3.63) is 39.3 Å². The zero-order valence-electron chi connectivity index (χ0n) is 11.5. The molecule has 0 bridgehead atoms. The van der Waals surface area contributed by atoms with Gasteiger partial charge in [0.2, 0.25) is 0 Å². The van der Waals surface area contributed by atoms with Crippen LogP contribution in [0.4, 0.5) is 0 Å². The molecule has 0 radical (unpaired) electrons. The zero-order chi connectivity index (χ0) is 14.4. The van der Waals surface area contributed by atoms with Gasteiger partial charge in [-0.1, -0.05) is 0 Å². The van der Waals surface area contributed by atoms with E-state index >= 15 is 0 Å². The quantitative estimate of drug-likeness (QED) is 0.626. The summed E-state index contributed by atoms with van der Waals surface area (Å²) in [5.74, 6) is -1.06. The number of hydrogen-bond donors (Lipinski definition) is 1. The molecule has 0 aliphatic carbocycles. The number of carboxylic acids is 1. The minimum atomic E-state index is -1.06. The molecule has 1 rings (SSSR count). The molecule has 1 N–H and O–H groups in total. The van der Waals surface area contributed by atoms with Gasteiger partial charge in [-0.05, 0) is 38.0 Å². The Morgan fingerprint density at radius 2 is 2.16 bits per heavy atom. The maximum absolute atomic E-state index is 12.3. The Hall–Kier alpha value is -1.88. The molecule has 19 heavy (non-hydrogen) atoms. The first-order valence-corrected chi connectivity index (χ1v) is 6.08. The SMILES string of the molecule is COCCCn1c(C)cc(C)c(/C=C/C(=O)O)c1=O. The molecule has 0 atom stereocenters. The number of methoxy groups -OCH3 is 1. The Balaban J connectivity index is 3.15. The van der Waals surface area contributed by atoms with Gasteiger partial charge in [-0.2, -0.15) is 0 Å². The lowest BCUT2D eigenvalue weighted by Crippen LogP contribution is -2.26. The van der Waals surface area contributed by atoms with Gasteiger partial charge in [-0.3, -0.25) is 4.79 Å². The fourth-order valence-electron chi connectivity index (χ4n) is 1.95. The fourth-order valence-corrected chi connectivity index (χ4v) is 1.95. The summed E-state index contributed by atoms with van der Waals surface area (Å²) in [7, 11) is 1.62. The first kappa shape index (κ1) is 15.2. The monoisotopic (exact) mass is 265 g/mol. The summed E-state index contributed by atoms with van der Waals surface area (Å²) in [5, 5.41) is 8.64. The highest BCUT2D eigenvalue weighted by atomic mass is 16.5. The molecule has 0 unspecified atom stereocenters. The van der Waals surface area contributed by atoms with Crippen LogP contribution in [0, 0.1) is 13.8 Å². The van der Waals surface area contributed by atoms with Gasteiger partial charge in [0.25, 0.3) is 5.56 Å². The lowest BCUT2D eigenvalue weighted by molar-refractivity contribution is -0.131. The highest BCUT2D eigenvalue weighted by Crippen LogP contribution is 2.08. The second-order valence-electron chi connectivity index (χ2n) is 4.36. The van der Waals surface area contributed by atoms with Crippen molar-refractivity contribution >= 4 is 12.0 Å². The van der Waals surface area contributed by atoms with Crippen LogP contribution in [-0.2, 0) is 16.1 Å². The Bertz CT molecular complexity index is 543. The molecule has 0 saturated carbocycles. The molecule has 0 spiro atoms. The summed E-state index contributed by atoms with van der Waals surface area (Å²) in [6.07, 6.45) is 3.08. The maximum atomic E-state index is 12.3. The number of hydrogen-bond acceptors (Lipinski definition) is 3. The summed E-state index contributed by atoms with van der Waals surface area (Å²) in [6, 6.07) is 1.88. The molecule has 0 fully saturated rings. The predicted molar refractivity (Wildman–Crippen MR) is 73.3 cm³/mol. The Morgan fingerprint density at radius 1 is 1.47 bits per heavy atom. The Labute approximate surface area is 112 Å². The predicted octanol–water partition coefficient (Wildman–Crippen LogP) is 1.60. The van der Waals surface area contributed by atoms with Crippen molar-refractivity contribution in [3.63, 3.8) is 0 Å². The minimum absolute atomic E-state index is 0.161. The van der Waals surface area contributed by atoms with Crippen LogP contribution in [0.5, 0.6) is 0 Å². The van der Waals surface area contributed by atoms with Crippen molar-refractivity contribution in [1.29, 1.82) is 0 Å². The van der Waals surface area contributed by atoms with Crippen molar-refractivity contribution in [3.8, 4) is 0 Å². The average molecular weight is 265 g/mol. The van der Waals surface area contributed by atoms with E-state index in [2.05, 4.69) is 0 Å². The minimum Gasteiger partial charge on any atom is -0.478 e. The number of aromatic nitrogens is 1. The second-order valence-corrected chi connectivity index (χ2v) is 4.36. The Kier molecular flexibility index (Phi) is 5.51. The van der Waals surface area contributed by atoms with Gasteiger partial charge in [-0.25, -0.2) is 4.79 Å². The van der Waals surface area contributed by atoms with Crippen LogP contribution in [0.25, 0.3) is 6.08 Å². The standard InChI is InChI=1S/C14H19NO4/c1-10-9-11(2)15(7-4-8-19-3)14(18)12(10)5-6-13(16)17/h5-6,9H,4,7-8H2,1-3H3,(H,16,17)/b6-5+. The molecule has 5 nitrogen and oxygen atoms in total. The number of ether oxygens (including phenoxy) is 1. The molecule has 0 amide bonds. The molecule has 0 aliphatic rings. The first-order chi connectivity index (χ1) is 8.97. The van der Waals surface area contributed by atoms with Crippen LogP contribution >= 0.6 is 0 Å². The van der Waals surface area contributed by atoms with Gasteiger partial charge in [0.15, 0.2) is 0 Å². The van der Waals surface area contributed by atoms with E-state index in [1.165, 1.54) is 6.08 Å². The van der Waals surface area contributed by atoms with E-state index in [0.717, 1.165) is 23.8 Å². The third-order valence-corrected chi connectivity index (χ3v) is 2.87. The molecule has 1 heterocycles. The zero-order valence-corrected chi connectivity index (χ0v) is 11.5. The summed E-state index contributed by atoms with van der Waals surface area (Å²) < 4.78 is 6.62. The highest BCUT2D eigenvalue weighted by molar-refractivity contribution is 5.85. The largest absolute Gasteiger partial charge is 0.478 e. The van der Waals surface area contributed by atoms with Gasteiger partial charge in [0, 0.05) is 37.6 Å². The lowest BCUT2D eigenvalue weighted by Gasteiger charge is -2.12. The van der Waals surface area contributed by atoms with Crippen molar-refractivity contribution in [2.75, 3.05) is 13.7 Å². The number of rotatable bonds is 6. The number of carbonyl (C=O) groups is 1. The van der Waals surface area contributed by atoms with Crippen LogP contribution in [0.2, 0.25) is 0 Å². The van der Waals surface area contributed by atoms with Crippen molar-refractivity contribution in [1.82, 2.24) is 4.57 Å². The van der Waals surface area contributed by atoms with Gasteiger partial charge in [-0.15, -0.1) is 0 Å². The van der Waals surface area contributed by atoms with Gasteiger partial charge < -0.3 is 14.4 Å². The van der Waals surface area contributed by atoms with Crippen LogP contribution in [0.1, 0.15) is 23.2 Å². The maximum Gasteiger partial charge on any atom is 0.328 e. The second kappa shape index (κ2) is 6.89. The normalized spacial score (nSPS) is 11.1. The summed E-state index contributed by atoms with van der Waals surface area (Å²) in [4.78, 5) is 22.8. The first-order valence-electron chi connectivity index (χ1n) is 6.08. The van der Waals surface area contributed by atoms with E-state index in [1.54, 1.807) is 18.6 Å². The molecule has 0 saturated heterocycles. The highest BCUT2D eigenvalue weighted by Gasteiger charge is 2.08. The lowest BCUT2D eigenvalue weighted by atomic mass is 10.1. The molecule has 0 aromatic carbocycles. The van der Waals surface area contributed by atoms with Gasteiger partial charge in [0.05, 0.1) is 0 Å². The van der Waals surface area contributed by atoms with Crippen molar-refractivity contribution in [2.24, 2.45) is 0 Å². The van der Waals surface area contributed by atoms with Gasteiger partial charge in [0.1, 0.15) is 0 Å². The Morgan fingerprint density at radius 3 is 2.74 bits per heavy atom. The summed E-state index contributed by atoms with van der Waals surface area (Å²) >= 11 is 0. The van der Waals surface area contributed by atoms with Gasteiger partial charge >= 0.3 is 5.97 Å². The van der Waals surface area contributed by atoms with Crippen LogP contribution in [0.15, 0.2) is 16.9 Å². The van der Waals surface area contributed by atoms with Crippen LogP contribution in [0.3, 0.4) is 0 Å². The van der Waals surface area contributed by atoms with E-state index in [4.69, 9.17) is 9.84 Å². The number of pyridine rings is 1. The van der Waals surface area contributed by atoms with Crippen molar-refractivity contribution in [2.45, 2.75) is 26.8 Å². The average Bonchev–Trinajstić information content (AvgIpc) is 2.32. The third kappa shape index (κ3) is 4.06. The topological polar surface area (TPSA) is 68.5 Å². The van der Waals surface area contributed by atoms with Crippen molar-refractivity contribution < 1.29 is 14.6 Å². The van der Waals surface area contributed by atoms with E-state index in [0.29, 0.717) is 18.7 Å². The fraction of sp³-hybridized carbons (Fsp3) is 0.429. The van der Waals surface area contributed by atoms with Crippen LogP contribution in [-0.4, -0.2) is 29.4 Å². The van der Waals surface area contributed by atoms with E-state index < -0.39 is 5.97 Å². The molecule has 1 aromatic rings. The number of carboxylic acid groups (broad SMARTS) is 1. The van der Waals surface area contributed by atoms with E-state index in [9.17, 15) is 9.59 Å². The molecule has 104 valence electrons. The smallest absolute Gasteiger partial charge is 0.328 e. The van der Waals surface area contributed by atoms with E-state index in [-0.39, 0.29) is 5.56 Å². The molecular formula is C14H19NO4. The van der Waals surface area contributed by atoms with E-state index in [1.807, 2.05) is 13.0 Å². The number of nitrogens with zero attached hydrogens (tertiary/aromatic N) is 1. The molecule has 5 heteroatoms. The number of aliphatic carboxylic acids is 1. The summed E-state index contributed by atoms with van der Waals surface area (Å²) in [5.41, 5.74) is 1.91.